The van der Waals surface area contributed by atoms with E-state index in [0.717, 1.165) is 28.0 Å². The van der Waals surface area contributed by atoms with Gasteiger partial charge in [-0.25, -0.2) is 0 Å². The maximum absolute atomic E-state index is 5.39. The van der Waals surface area contributed by atoms with Gasteiger partial charge in [-0.05, 0) is 53.2 Å². The van der Waals surface area contributed by atoms with E-state index in [1.54, 1.807) is 26.6 Å². The number of ether oxygens (including phenoxy) is 2. The predicted octanol–water partition coefficient (Wildman–Crippen LogP) is 3.36. The van der Waals surface area contributed by atoms with E-state index in [0.29, 0.717) is 0 Å². The molecular weight excluding hydrogens is 332 g/mol. The first-order chi connectivity index (χ1) is 10.2. The smallest absolute Gasteiger partial charge is 0.141 e. The Morgan fingerprint density at radius 1 is 1.19 bits per heavy atom. The SMILES string of the molecule is CNC(Cc1ccc(OC)c(Br)c1)c1ccncc1OC. The second-order valence-electron chi connectivity index (χ2n) is 4.63. The average Bonchev–Trinajstić information content (AvgIpc) is 2.52. The highest BCUT2D eigenvalue weighted by Crippen LogP contribution is 2.30. The Labute approximate surface area is 133 Å². The van der Waals surface area contributed by atoms with Crippen LogP contribution >= 0.6 is 15.9 Å². The van der Waals surface area contributed by atoms with Crippen molar-refractivity contribution in [1.82, 2.24) is 10.3 Å². The number of likely N-dealkylation sites (N-methyl/N-ethyl adjacent to an activating group) is 1. The number of benzene rings is 1. The molecule has 4 nitrogen and oxygen atoms in total. The highest BCUT2D eigenvalue weighted by molar-refractivity contribution is 9.10. The van der Waals surface area contributed by atoms with Gasteiger partial charge in [-0.3, -0.25) is 4.98 Å². The fraction of sp³-hybridized carbons (Fsp3) is 0.312. The zero-order valence-electron chi connectivity index (χ0n) is 12.4. The van der Waals surface area contributed by atoms with Gasteiger partial charge >= 0.3 is 0 Å². The van der Waals surface area contributed by atoms with Crippen molar-refractivity contribution in [3.8, 4) is 11.5 Å². The topological polar surface area (TPSA) is 43.4 Å². The standard InChI is InChI=1S/C16H19BrN2O2/c1-18-14(12-6-7-19-10-16(12)21-3)9-11-4-5-15(20-2)13(17)8-11/h4-8,10,14,18H,9H2,1-3H3. The highest BCUT2D eigenvalue weighted by Gasteiger charge is 2.15. The Hall–Kier alpha value is -1.59. The second-order valence-corrected chi connectivity index (χ2v) is 5.49. The number of nitrogens with one attached hydrogen (secondary N) is 1. The third kappa shape index (κ3) is 3.74. The lowest BCUT2D eigenvalue weighted by Gasteiger charge is -2.19. The third-order valence-electron chi connectivity index (χ3n) is 3.42. The summed E-state index contributed by atoms with van der Waals surface area (Å²) in [4.78, 5) is 4.10. The van der Waals surface area contributed by atoms with E-state index in [1.807, 2.05) is 19.2 Å². The number of hydrogen-bond donors (Lipinski definition) is 1. The lowest BCUT2D eigenvalue weighted by molar-refractivity contribution is 0.399. The van der Waals surface area contributed by atoms with Crippen molar-refractivity contribution in [2.45, 2.75) is 12.5 Å². The van der Waals surface area contributed by atoms with Gasteiger partial charge in [-0.1, -0.05) is 6.07 Å². The van der Waals surface area contributed by atoms with Crippen LogP contribution in [0.2, 0.25) is 0 Å². The van der Waals surface area contributed by atoms with Crippen LogP contribution in [0.1, 0.15) is 17.2 Å². The summed E-state index contributed by atoms with van der Waals surface area (Å²) in [6.07, 6.45) is 4.37. The van der Waals surface area contributed by atoms with Gasteiger partial charge in [0.15, 0.2) is 0 Å². The lowest BCUT2D eigenvalue weighted by Crippen LogP contribution is -2.19. The molecule has 112 valence electrons. The number of rotatable bonds is 6. The van der Waals surface area contributed by atoms with Crippen molar-refractivity contribution in [1.29, 1.82) is 0 Å². The molecule has 0 saturated heterocycles. The Bertz CT molecular complexity index is 605. The zero-order chi connectivity index (χ0) is 15.2. The average molecular weight is 351 g/mol. The molecular formula is C16H19BrN2O2. The zero-order valence-corrected chi connectivity index (χ0v) is 14.0. The normalized spacial score (nSPS) is 12.0. The fourth-order valence-corrected chi connectivity index (χ4v) is 2.88. The molecule has 0 amide bonds. The van der Waals surface area contributed by atoms with E-state index in [9.17, 15) is 0 Å². The molecule has 5 heteroatoms. The van der Waals surface area contributed by atoms with Crippen molar-refractivity contribution in [2.24, 2.45) is 0 Å². The first-order valence-corrected chi connectivity index (χ1v) is 7.46. The summed E-state index contributed by atoms with van der Waals surface area (Å²) in [6, 6.07) is 8.26. The summed E-state index contributed by atoms with van der Waals surface area (Å²) in [5.74, 6) is 1.63. The van der Waals surface area contributed by atoms with Gasteiger partial charge in [0.25, 0.3) is 0 Å². The minimum absolute atomic E-state index is 0.156. The number of pyridine rings is 1. The van der Waals surface area contributed by atoms with Crippen molar-refractivity contribution in [3.63, 3.8) is 0 Å². The Morgan fingerprint density at radius 2 is 1.95 bits per heavy atom. The van der Waals surface area contributed by atoms with Gasteiger partial charge < -0.3 is 14.8 Å². The monoisotopic (exact) mass is 350 g/mol. The molecule has 0 aliphatic heterocycles. The maximum Gasteiger partial charge on any atom is 0.141 e. The van der Waals surface area contributed by atoms with Gasteiger partial charge in [0.2, 0.25) is 0 Å². The van der Waals surface area contributed by atoms with Gasteiger partial charge in [-0.2, -0.15) is 0 Å². The van der Waals surface area contributed by atoms with Crippen LogP contribution in [0, 0.1) is 0 Å². The molecule has 1 aromatic carbocycles. The second kappa shape index (κ2) is 7.43. The van der Waals surface area contributed by atoms with E-state index >= 15 is 0 Å². The van der Waals surface area contributed by atoms with Crippen LogP contribution in [0.15, 0.2) is 41.1 Å². The maximum atomic E-state index is 5.39. The van der Waals surface area contributed by atoms with Crippen molar-refractivity contribution >= 4 is 15.9 Å². The summed E-state index contributed by atoms with van der Waals surface area (Å²) in [5.41, 5.74) is 2.31. The summed E-state index contributed by atoms with van der Waals surface area (Å²) < 4.78 is 11.6. The Balaban J connectivity index is 2.25. The number of nitrogens with zero attached hydrogens (tertiary/aromatic N) is 1. The Kier molecular flexibility index (Phi) is 5.59. The van der Waals surface area contributed by atoms with Gasteiger partial charge in [-0.15, -0.1) is 0 Å². The molecule has 0 fully saturated rings. The highest BCUT2D eigenvalue weighted by atomic mass is 79.9. The van der Waals surface area contributed by atoms with Crippen LogP contribution in [0.4, 0.5) is 0 Å². The number of aromatic nitrogens is 1. The molecule has 0 bridgehead atoms. The summed E-state index contributed by atoms with van der Waals surface area (Å²) in [7, 11) is 5.28. The third-order valence-corrected chi connectivity index (χ3v) is 4.04. The molecule has 1 heterocycles. The van der Waals surface area contributed by atoms with E-state index in [-0.39, 0.29) is 6.04 Å². The lowest BCUT2D eigenvalue weighted by atomic mass is 9.99. The van der Waals surface area contributed by atoms with Crippen molar-refractivity contribution in [3.05, 3.63) is 52.3 Å². The van der Waals surface area contributed by atoms with Gasteiger partial charge in [0.1, 0.15) is 11.5 Å². The number of halogens is 1. The molecule has 21 heavy (non-hydrogen) atoms. The molecule has 2 rings (SSSR count). The summed E-state index contributed by atoms with van der Waals surface area (Å²) >= 11 is 3.52. The Morgan fingerprint density at radius 3 is 2.57 bits per heavy atom. The number of methoxy groups -OCH3 is 2. The van der Waals surface area contributed by atoms with E-state index < -0.39 is 0 Å². The molecule has 2 aromatic rings. The number of hydrogen-bond acceptors (Lipinski definition) is 4. The van der Waals surface area contributed by atoms with E-state index in [4.69, 9.17) is 9.47 Å². The molecule has 0 saturated carbocycles. The molecule has 0 aliphatic rings. The minimum Gasteiger partial charge on any atom is -0.496 e. The summed E-state index contributed by atoms with van der Waals surface area (Å²) in [6.45, 7) is 0. The van der Waals surface area contributed by atoms with Crippen LogP contribution in [-0.2, 0) is 6.42 Å². The first-order valence-electron chi connectivity index (χ1n) is 6.67. The molecule has 0 aliphatic carbocycles. The van der Waals surface area contributed by atoms with Gasteiger partial charge in [0.05, 0.1) is 24.9 Å². The van der Waals surface area contributed by atoms with E-state index in [2.05, 4.69) is 38.4 Å². The quantitative estimate of drug-likeness (QED) is 0.867. The molecule has 0 radical (unpaired) electrons. The predicted molar refractivity (Wildman–Crippen MR) is 87.0 cm³/mol. The van der Waals surface area contributed by atoms with Crippen LogP contribution in [0.5, 0.6) is 11.5 Å². The van der Waals surface area contributed by atoms with Crippen LogP contribution in [0.25, 0.3) is 0 Å². The minimum atomic E-state index is 0.156. The van der Waals surface area contributed by atoms with Crippen LogP contribution in [-0.4, -0.2) is 26.3 Å². The van der Waals surface area contributed by atoms with Crippen molar-refractivity contribution < 1.29 is 9.47 Å². The largest absolute Gasteiger partial charge is 0.496 e. The molecule has 0 spiro atoms. The first kappa shape index (κ1) is 15.8. The van der Waals surface area contributed by atoms with Crippen molar-refractivity contribution in [2.75, 3.05) is 21.3 Å². The van der Waals surface area contributed by atoms with E-state index in [1.165, 1.54) is 5.56 Å². The van der Waals surface area contributed by atoms with Gasteiger partial charge in [0, 0.05) is 17.8 Å². The van der Waals surface area contributed by atoms with Crippen LogP contribution < -0.4 is 14.8 Å². The van der Waals surface area contributed by atoms with Crippen LogP contribution in [0.3, 0.4) is 0 Å². The summed E-state index contributed by atoms with van der Waals surface area (Å²) in [5, 5.41) is 3.34. The molecule has 1 aromatic heterocycles. The molecule has 1 atom stereocenters. The molecule has 1 N–H and O–H groups in total. The molecule has 1 unspecified atom stereocenters. The fourth-order valence-electron chi connectivity index (χ4n) is 2.29.